The van der Waals surface area contributed by atoms with Crippen molar-refractivity contribution < 1.29 is 29.0 Å². The quantitative estimate of drug-likeness (QED) is 0.152. The first-order valence-corrected chi connectivity index (χ1v) is 21.2. The van der Waals surface area contributed by atoms with Crippen LogP contribution in [0, 0.1) is 5.92 Å². The van der Waals surface area contributed by atoms with Crippen molar-refractivity contribution in [3.05, 3.63) is 138 Å². The smallest absolute Gasteiger partial charge is 0.264 e. The lowest BCUT2D eigenvalue weighted by atomic mass is 9.82. The lowest BCUT2D eigenvalue weighted by Gasteiger charge is -2.33. The first-order valence-electron chi connectivity index (χ1n) is 18.2. The van der Waals surface area contributed by atoms with Crippen molar-refractivity contribution in [3.63, 3.8) is 0 Å². The van der Waals surface area contributed by atoms with E-state index in [9.17, 15) is 19.5 Å². The summed E-state index contributed by atoms with van der Waals surface area (Å²) in [5.41, 5.74) is 3.16. The molecule has 0 bridgehead atoms. The van der Waals surface area contributed by atoms with E-state index in [1.165, 1.54) is 0 Å². The normalized spacial score (nSPS) is 21.9. The standard InChI is InChI=1S/C43H43N3O6Si/c1-28-40(53(2,3)51)37(25-38(48)44(22-23-47)26-29-12-6-4-7-13-29)52-43(28)34-24-32(20-21-35(34)45(42(43)50)27-30-14-8-5-9-15-30)46-36-19-11-17-31-16-10-18-33(39(31)36)41(46)49/h4-21,24,28,37,40,47,51H,22-23,25-27H2,1-3H3/t28-,37+,40-,43+/m1/s1. The largest absolute Gasteiger partial charge is 0.432 e. The van der Waals surface area contributed by atoms with Gasteiger partial charge in [0, 0.05) is 41.2 Å². The molecule has 1 spiro atoms. The molecule has 2 N–H and O–H groups in total. The summed E-state index contributed by atoms with van der Waals surface area (Å²) in [5, 5.41) is 11.8. The summed E-state index contributed by atoms with van der Waals surface area (Å²) in [6, 6.07) is 36.6. The van der Waals surface area contributed by atoms with Crippen molar-refractivity contribution in [3.8, 4) is 0 Å². The Balaban J connectivity index is 1.22. The number of benzene rings is 5. The summed E-state index contributed by atoms with van der Waals surface area (Å²) < 4.78 is 7.05. The predicted octanol–water partition coefficient (Wildman–Crippen LogP) is 6.89. The van der Waals surface area contributed by atoms with Crippen LogP contribution < -0.4 is 9.80 Å². The molecule has 5 aromatic rings. The number of aliphatic hydroxyl groups is 1. The Labute approximate surface area is 310 Å². The molecule has 0 aliphatic carbocycles. The van der Waals surface area contributed by atoms with E-state index in [4.69, 9.17) is 4.74 Å². The van der Waals surface area contributed by atoms with Gasteiger partial charge in [0.15, 0.2) is 13.9 Å². The van der Waals surface area contributed by atoms with Gasteiger partial charge in [0.25, 0.3) is 11.8 Å². The molecule has 4 atom stereocenters. The number of rotatable bonds is 10. The second kappa shape index (κ2) is 13.4. The van der Waals surface area contributed by atoms with E-state index < -0.39 is 31.5 Å². The number of aliphatic hydroxyl groups excluding tert-OH is 1. The minimum absolute atomic E-state index is 0.0660. The Kier molecular flexibility index (Phi) is 8.81. The fourth-order valence-corrected chi connectivity index (χ4v) is 11.6. The van der Waals surface area contributed by atoms with E-state index in [-0.39, 0.29) is 37.3 Å². The average molecular weight is 726 g/mol. The molecule has 270 valence electrons. The van der Waals surface area contributed by atoms with E-state index in [0.29, 0.717) is 35.6 Å². The molecule has 9 nitrogen and oxygen atoms in total. The Morgan fingerprint density at radius 1 is 0.868 bits per heavy atom. The summed E-state index contributed by atoms with van der Waals surface area (Å²) in [4.78, 5) is 60.2. The summed E-state index contributed by atoms with van der Waals surface area (Å²) >= 11 is 0. The minimum Gasteiger partial charge on any atom is -0.432 e. The van der Waals surface area contributed by atoms with Crippen LogP contribution >= 0.6 is 0 Å². The molecular weight excluding hydrogens is 683 g/mol. The van der Waals surface area contributed by atoms with Crippen molar-refractivity contribution in [1.82, 2.24) is 4.90 Å². The van der Waals surface area contributed by atoms with Crippen molar-refractivity contribution in [2.45, 2.75) is 56.8 Å². The highest BCUT2D eigenvalue weighted by Crippen LogP contribution is 2.60. The van der Waals surface area contributed by atoms with Gasteiger partial charge in [-0.3, -0.25) is 19.3 Å². The van der Waals surface area contributed by atoms with Gasteiger partial charge in [-0.25, -0.2) is 0 Å². The van der Waals surface area contributed by atoms with E-state index in [2.05, 4.69) is 0 Å². The fourth-order valence-electron chi connectivity index (χ4n) is 9.02. The number of carbonyl (C=O) groups excluding carboxylic acids is 3. The lowest BCUT2D eigenvalue weighted by Crippen LogP contribution is -2.46. The highest BCUT2D eigenvalue weighted by Gasteiger charge is 2.66. The first-order chi connectivity index (χ1) is 25.5. The summed E-state index contributed by atoms with van der Waals surface area (Å²) in [5.74, 6) is -1.14. The van der Waals surface area contributed by atoms with Gasteiger partial charge in [-0.1, -0.05) is 91.9 Å². The third-order valence-corrected chi connectivity index (χ3v) is 13.8. The molecule has 10 heteroatoms. The Morgan fingerprint density at radius 2 is 1.55 bits per heavy atom. The second-order valence-electron chi connectivity index (χ2n) is 15.0. The molecule has 1 saturated heterocycles. The van der Waals surface area contributed by atoms with Gasteiger partial charge in [0.05, 0.1) is 42.6 Å². The summed E-state index contributed by atoms with van der Waals surface area (Å²) in [6.07, 6.45) is -0.839. The van der Waals surface area contributed by atoms with Crippen molar-refractivity contribution in [2.24, 2.45) is 5.92 Å². The second-order valence-corrected chi connectivity index (χ2v) is 19.0. The first kappa shape index (κ1) is 34.9. The highest BCUT2D eigenvalue weighted by molar-refractivity contribution is 6.71. The van der Waals surface area contributed by atoms with Gasteiger partial charge in [-0.05, 0) is 59.9 Å². The van der Waals surface area contributed by atoms with Crippen LogP contribution in [-0.4, -0.2) is 60.1 Å². The molecular formula is C43H43N3O6Si. The topological polar surface area (TPSA) is 111 Å². The number of nitrogens with zero attached hydrogens (tertiary/aromatic N) is 3. The van der Waals surface area contributed by atoms with Gasteiger partial charge in [-0.15, -0.1) is 0 Å². The fraction of sp³-hybridized carbons (Fsp3) is 0.279. The van der Waals surface area contributed by atoms with Crippen LogP contribution in [0.25, 0.3) is 10.8 Å². The maximum absolute atomic E-state index is 15.1. The Morgan fingerprint density at radius 3 is 2.23 bits per heavy atom. The van der Waals surface area contributed by atoms with Gasteiger partial charge in [0.2, 0.25) is 5.91 Å². The van der Waals surface area contributed by atoms with Gasteiger partial charge < -0.3 is 24.4 Å². The molecule has 8 rings (SSSR count). The van der Waals surface area contributed by atoms with Crippen molar-refractivity contribution >= 4 is 53.9 Å². The molecule has 3 aliphatic rings. The molecule has 5 aromatic carbocycles. The molecule has 3 heterocycles. The third-order valence-electron chi connectivity index (χ3n) is 11.3. The zero-order valence-electron chi connectivity index (χ0n) is 30.1. The van der Waals surface area contributed by atoms with Crippen LogP contribution in [0.5, 0.6) is 0 Å². The summed E-state index contributed by atoms with van der Waals surface area (Å²) in [6.45, 7) is 6.17. The third kappa shape index (κ3) is 5.77. The van der Waals surface area contributed by atoms with Crippen LogP contribution in [0.4, 0.5) is 17.1 Å². The summed E-state index contributed by atoms with van der Waals surface area (Å²) in [7, 11) is -3.09. The monoisotopic (exact) mass is 725 g/mol. The van der Waals surface area contributed by atoms with E-state index in [0.717, 1.165) is 27.6 Å². The molecule has 53 heavy (non-hydrogen) atoms. The molecule has 3 aliphatic heterocycles. The Hall–Kier alpha value is -5.13. The van der Waals surface area contributed by atoms with Crippen molar-refractivity contribution in [2.75, 3.05) is 23.0 Å². The van der Waals surface area contributed by atoms with Gasteiger partial charge in [0.1, 0.15) is 0 Å². The predicted molar refractivity (Wildman–Crippen MR) is 207 cm³/mol. The number of amides is 3. The maximum atomic E-state index is 15.1. The Bertz CT molecular complexity index is 2220. The van der Waals surface area contributed by atoms with E-state index in [1.807, 2.05) is 135 Å². The minimum atomic E-state index is -3.09. The zero-order chi connectivity index (χ0) is 37.1. The molecule has 0 aromatic heterocycles. The van der Waals surface area contributed by atoms with E-state index in [1.54, 1.807) is 14.7 Å². The number of hydrogen-bond acceptors (Lipinski definition) is 6. The molecule has 3 amide bonds. The van der Waals surface area contributed by atoms with Crippen LogP contribution in [-0.2, 0) is 33.0 Å². The number of ether oxygens (including phenoxy) is 1. The molecule has 0 saturated carbocycles. The zero-order valence-corrected chi connectivity index (χ0v) is 31.1. The maximum Gasteiger partial charge on any atom is 0.264 e. The highest BCUT2D eigenvalue weighted by atomic mass is 28.4. The van der Waals surface area contributed by atoms with Crippen LogP contribution in [0.2, 0.25) is 18.6 Å². The van der Waals surface area contributed by atoms with Gasteiger partial charge >= 0.3 is 0 Å². The van der Waals surface area contributed by atoms with Crippen LogP contribution in [0.1, 0.15) is 40.4 Å². The number of carbonyl (C=O) groups is 3. The van der Waals surface area contributed by atoms with Crippen LogP contribution in [0.3, 0.4) is 0 Å². The number of fused-ring (bicyclic) bond motifs is 2. The van der Waals surface area contributed by atoms with E-state index >= 15 is 4.79 Å². The van der Waals surface area contributed by atoms with Gasteiger partial charge in [-0.2, -0.15) is 0 Å². The molecule has 1 fully saturated rings. The lowest BCUT2D eigenvalue weighted by molar-refractivity contribution is -0.150. The average Bonchev–Trinajstić information content (AvgIpc) is 3.70. The number of anilines is 3. The SMILES string of the molecule is C[C@@H]1[C@@H]([Si](C)(C)O)[C@H](CC(=O)N(CCO)Cc2ccccc2)O[C@@]12C(=O)N(Cc1ccccc1)c1ccc(N3C(=O)c4cccc5cccc3c45)cc12. The van der Waals surface area contributed by atoms with Crippen LogP contribution in [0.15, 0.2) is 115 Å². The van der Waals surface area contributed by atoms with Crippen molar-refractivity contribution in [1.29, 1.82) is 0 Å². The molecule has 0 radical (unpaired) electrons. The molecule has 0 unspecified atom stereocenters. The number of hydrogen-bond donors (Lipinski definition) is 2.